The van der Waals surface area contributed by atoms with E-state index in [-0.39, 0.29) is 24.8 Å². The van der Waals surface area contributed by atoms with Crippen molar-refractivity contribution in [3.05, 3.63) is 0 Å². The van der Waals surface area contributed by atoms with Crippen LogP contribution in [-0.2, 0) is 0 Å². The second kappa shape index (κ2) is 6.96. The molecule has 1 fully saturated rings. The molecule has 0 aromatic rings. The van der Waals surface area contributed by atoms with Crippen molar-refractivity contribution in [2.45, 2.75) is 37.8 Å². The first-order valence-electron chi connectivity index (χ1n) is 4.12. The van der Waals surface area contributed by atoms with Gasteiger partial charge in [0.1, 0.15) is 0 Å². The summed E-state index contributed by atoms with van der Waals surface area (Å²) < 4.78 is 0. The molecule has 0 aromatic heterocycles. The van der Waals surface area contributed by atoms with Gasteiger partial charge in [-0.25, -0.2) is 0 Å². The Kier molecular flexibility index (Phi) is 8.69. The van der Waals surface area contributed by atoms with Crippen molar-refractivity contribution >= 4 is 24.8 Å². The van der Waals surface area contributed by atoms with E-state index in [1.54, 1.807) is 0 Å². The molecule has 0 atom stereocenters. The van der Waals surface area contributed by atoms with Gasteiger partial charge in [-0.2, -0.15) is 0 Å². The molecule has 1 saturated carbocycles. The number of hydrogen-bond acceptors (Lipinski definition) is 2. The Bertz CT molecular complexity index is 101. The first-order chi connectivity index (χ1) is 4.70. The van der Waals surface area contributed by atoms with Crippen molar-refractivity contribution in [3.63, 3.8) is 0 Å². The Hall–Kier alpha value is 0.500. The van der Waals surface area contributed by atoms with E-state index >= 15 is 0 Å². The van der Waals surface area contributed by atoms with Gasteiger partial charge in [0, 0.05) is 12.1 Å². The third kappa shape index (κ3) is 4.51. The predicted octanol–water partition coefficient (Wildman–Crippen LogP) is 1.66. The van der Waals surface area contributed by atoms with Crippen LogP contribution in [0, 0.1) is 0 Å². The molecule has 2 N–H and O–H groups in total. The lowest BCUT2D eigenvalue weighted by atomic mass is 9.91. The van der Waals surface area contributed by atoms with Crippen LogP contribution in [-0.4, -0.2) is 31.1 Å². The molecule has 0 bridgehead atoms. The topological polar surface area (TPSA) is 29.3 Å². The van der Waals surface area contributed by atoms with Crippen molar-refractivity contribution < 1.29 is 0 Å². The van der Waals surface area contributed by atoms with Crippen LogP contribution in [0.1, 0.15) is 25.7 Å². The van der Waals surface area contributed by atoms with Crippen molar-refractivity contribution in [2.75, 3.05) is 14.1 Å². The van der Waals surface area contributed by atoms with Gasteiger partial charge in [0.25, 0.3) is 0 Å². The second-order valence-corrected chi connectivity index (χ2v) is 3.53. The fourth-order valence-electron chi connectivity index (χ4n) is 1.62. The average molecular weight is 215 g/mol. The van der Waals surface area contributed by atoms with Crippen LogP contribution >= 0.6 is 24.8 Å². The molecule has 0 aromatic carbocycles. The largest absolute Gasteiger partial charge is 0.328 e. The van der Waals surface area contributed by atoms with E-state index < -0.39 is 0 Å². The zero-order chi connectivity index (χ0) is 7.56. The molecule has 2 nitrogen and oxygen atoms in total. The van der Waals surface area contributed by atoms with Crippen molar-refractivity contribution in [1.29, 1.82) is 0 Å². The monoisotopic (exact) mass is 214 g/mol. The quantitative estimate of drug-likeness (QED) is 0.720. The molecule has 1 aliphatic carbocycles. The first kappa shape index (κ1) is 15.0. The summed E-state index contributed by atoms with van der Waals surface area (Å²) in [4.78, 5) is 2.31. The molecule has 0 saturated heterocycles. The standard InChI is InChI=1S/C8H18N2.2ClH/c1-10(2)8-5-3-7(9)4-6-8;;/h7-8H,3-6,9H2,1-2H3;2*1H/t7-,8-;;. The van der Waals surface area contributed by atoms with Crippen LogP contribution in [0.3, 0.4) is 0 Å². The van der Waals surface area contributed by atoms with E-state index in [1.165, 1.54) is 25.7 Å². The molecule has 0 radical (unpaired) electrons. The number of nitrogens with zero attached hydrogens (tertiary/aromatic N) is 1. The van der Waals surface area contributed by atoms with E-state index in [0.29, 0.717) is 6.04 Å². The maximum atomic E-state index is 5.78. The molecule has 0 spiro atoms. The average Bonchev–Trinajstić information content (AvgIpc) is 1.88. The van der Waals surface area contributed by atoms with Gasteiger partial charge in [0.2, 0.25) is 0 Å². The summed E-state index contributed by atoms with van der Waals surface area (Å²) in [7, 11) is 4.31. The SMILES string of the molecule is CN(C)[C@H]1CC[C@H](N)CC1.Cl.Cl. The maximum absolute atomic E-state index is 5.78. The Morgan fingerprint density at radius 3 is 1.75 bits per heavy atom. The Morgan fingerprint density at radius 1 is 1.00 bits per heavy atom. The Morgan fingerprint density at radius 2 is 1.42 bits per heavy atom. The van der Waals surface area contributed by atoms with Crippen molar-refractivity contribution in [1.82, 2.24) is 4.90 Å². The fourth-order valence-corrected chi connectivity index (χ4v) is 1.62. The summed E-state index contributed by atoms with van der Waals surface area (Å²) >= 11 is 0. The summed E-state index contributed by atoms with van der Waals surface area (Å²) in [6.45, 7) is 0. The minimum atomic E-state index is 0. The third-order valence-corrected chi connectivity index (χ3v) is 2.47. The lowest BCUT2D eigenvalue weighted by Gasteiger charge is -2.30. The van der Waals surface area contributed by atoms with Gasteiger partial charge in [-0.15, -0.1) is 24.8 Å². The minimum Gasteiger partial charge on any atom is -0.328 e. The number of rotatable bonds is 1. The highest BCUT2D eigenvalue weighted by molar-refractivity contribution is 5.85. The van der Waals surface area contributed by atoms with E-state index in [9.17, 15) is 0 Å². The highest BCUT2D eigenvalue weighted by Crippen LogP contribution is 2.19. The highest BCUT2D eigenvalue weighted by atomic mass is 35.5. The van der Waals surface area contributed by atoms with Crippen molar-refractivity contribution in [3.8, 4) is 0 Å². The zero-order valence-corrected chi connectivity index (χ0v) is 9.46. The van der Waals surface area contributed by atoms with Crippen LogP contribution in [0.15, 0.2) is 0 Å². The van der Waals surface area contributed by atoms with Gasteiger partial charge in [-0.3, -0.25) is 0 Å². The molecule has 0 aliphatic heterocycles. The normalized spacial score (nSPS) is 29.0. The molecular formula is C8H20Cl2N2. The molecule has 1 aliphatic rings. The highest BCUT2D eigenvalue weighted by Gasteiger charge is 2.19. The molecular weight excluding hydrogens is 195 g/mol. The van der Waals surface area contributed by atoms with Crippen LogP contribution < -0.4 is 5.73 Å². The summed E-state index contributed by atoms with van der Waals surface area (Å²) in [5.41, 5.74) is 5.78. The first-order valence-corrected chi connectivity index (χ1v) is 4.12. The summed E-state index contributed by atoms with van der Waals surface area (Å²) in [5.74, 6) is 0. The Balaban J connectivity index is 0. The van der Waals surface area contributed by atoms with E-state index in [2.05, 4.69) is 19.0 Å². The minimum absolute atomic E-state index is 0. The number of nitrogens with two attached hydrogens (primary N) is 1. The molecule has 1 rings (SSSR count). The molecule has 76 valence electrons. The van der Waals surface area contributed by atoms with Gasteiger partial charge in [-0.1, -0.05) is 0 Å². The summed E-state index contributed by atoms with van der Waals surface area (Å²) in [6, 6.07) is 1.27. The molecule has 0 unspecified atom stereocenters. The smallest absolute Gasteiger partial charge is 0.00903 e. The van der Waals surface area contributed by atoms with Gasteiger partial charge in [-0.05, 0) is 39.8 Å². The molecule has 12 heavy (non-hydrogen) atoms. The Labute approximate surface area is 87.7 Å². The van der Waals surface area contributed by atoms with E-state index in [4.69, 9.17) is 5.73 Å². The van der Waals surface area contributed by atoms with Crippen LogP contribution in [0.5, 0.6) is 0 Å². The third-order valence-electron chi connectivity index (χ3n) is 2.47. The molecule has 0 amide bonds. The zero-order valence-electron chi connectivity index (χ0n) is 7.82. The van der Waals surface area contributed by atoms with Gasteiger partial charge in [0.15, 0.2) is 0 Å². The maximum Gasteiger partial charge on any atom is 0.00903 e. The number of halogens is 2. The second-order valence-electron chi connectivity index (χ2n) is 3.53. The molecule has 0 heterocycles. The summed E-state index contributed by atoms with van der Waals surface area (Å²) in [6.07, 6.45) is 4.99. The van der Waals surface area contributed by atoms with Crippen LogP contribution in [0.25, 0.3) is 0 Å². The summed E-state index contributed by atoms with van der Waals surface area (Å²) in [5, 5.41) is 0. The van der Waals surface area contributed by atoms with Crippen molar-refractivity contribution in [2.24, 2.45) is 5.73 Å². The predicted molar refractivity (Wildman–Crippen MR) is 58.4 cm³/mol. The van der Waals surface area contributed by atoms with Gasteiger partial charge < -0.3 is 10.6 Å². The van der Waals surface area contributed by atoms with Gasteiger partial charge in [0.05, 0.1) is 0 Å². The number of hydrogen-bond donors (Lipinski definition) is 1. The van der Waals surface area contributed by atoms with Crippen LogP contribution in [0.4, 0.5) is 0 Å². The lowest BCUT2D eigenvalue weighted by Crippen LogP contribution is -2.36. The fraction of sp³-hybridized carbons (Fsp3) is 1.00. The van der Waals surface area contributed by atoms with E-state index in [1.807, 2.05) is 0 Å². The van der Waals surface area contributed by atoms with Gasteiger partial charge >= 0.3 is 0 Å². The van der Waals surface area contributed by atoms with E-state index in [0.717, 1.165) is 6.04 Å². The lowest BCUT2D eigenvalue weighted by molar-refractivity contribution is 0.217. The van der Waals surface area contributed by atoms with Crippen LogP contribution in [0.2, 0.25) is 0 Å². The molecule has 4 heteroatoms.